The van der Waals surface area contributed by atoms with Gasteiger partial charge in [0.05, 0.1) is 13.2 Å². The predicted octanol–water partition coefficient (Wildman–Crippen LogP) is 3.65. The minimum absolute atomic E-state index is 0.0134. The van der Waals surface area contributed by atoms with Crippen molar-refractivity contribution in [3.05, 3.63) is 34.1 Å². The van der Waals surface area contributed by atoms with E-state index >= 15 is 0 Å². The van der Waals surface area contributed by atoms with Crippen LogP contribution in [0.2, 0.25) is 0 Å². The van der Waals surface area contributed by atoms with Crippen molar-refractivity contribution in [1.29, 1.82) is 0 Å². The average Bonchev–Trinajstić information content (AvgIpc) is 2.48. The topological polar surface area (TPSA) is 52.6 Å². The van der Waals surface area contributed by atoms with Crippen molar-refractivity contribution in [2.45, 2.75) is 33.6 Å². The average molecular weight is 375 g/mol. The standard InChI is InChI=1S/C16H20BrFO4/c1-4-16(14(19)21-5-2,15(20)22-6-3)10-11-9-12(18)7-8-13(11)17/h7-9H,4-6,10H2,1-3H3. The molecule has 1 aromatic rings. The smallest absolute Gasteiger partial charge is 0.323 e. The lowest BCUT2D eigenvalue weighted by Gasteiger charge is -2.28. The lowest BCUT2D eigenvalue weighted by atomic mass is 9.79. The summed E-state index contributed by atoms with van der Waals surface area (Å²) in [5.74, 6) is -1.73. The highest BCUT2D eigenvalue weighted by Gasteiger charge is 2.47. The quantitative estimate of drug-likeness (QED) is 0.539. The maximum atomic E-state index is 13.5. The summed E-state index contributed by atoms with van der Waals surface area (Å²) in [7, 11) is 0. The zero-order valence-corrected chi connectivity index (χ0v) is 14.5. The Kier molecular flexibility index (Phi) is 7.00. The van der Waals surface area contributed by atoms with E-state index in [4.69, 9.17) is 9.47 Å². The Balaban J connectivity index is 3.26. The Bertz CT molecular complexity index is 527. The molecule has 22 heavy (non-hydrogen) atoms. The van der Waals surface area contributed by atoms with E-state index in [0.29, 0.717) is 10.0 Å². The Labute approximate surface area is 138 Å². The molecular weight excluding hydrogens is 355 g/mol. The molecule has 0 atom stereocenters. The summed E-state index contributed by atoms with van der Waals surface area (Å²) in [6.45, 7) is 5.36. The first-order valence-electron chi connectivity index (χ1n) is 7.19. The summed E-state index contributed by atoms with van der Waals surface area (Å²) in [6, 6.07) is 4.14. The molecule has 0 heterocycles. The summed E-state index contributed by atoms with van der Waals surface area (Å²) in [5.41, 5.74) is -0.953. The van der Waals surface area contributed by atoms with Crippen LogP contribution in [0.4, 0.5) is 4.39 Å². The Morgan fingerprint density at radius 2 is 1.68 bits per heavy atom. The van der Waals surface area contributed by atoms with Gasteiger partial charge in [0.1, 0.15) is 5.82 Å². The lowest BCUT2D eigenvalue weighted by Crippen LogP contribution is -2.43. The van der Waals surface area contributed by atoms with Gasteiger partial charge >= 0.3 is 11.9 Å². The Morgan fingerprint density at radius 3 is 2.14 bits per heavy atom. The number of ether oxygens (including phenoxy) is 2. The molecule has 0 N–H and O–H groups in total. The third-order valence-corrected chi connectivity index (χ3v) is 4.21. The van der Waals surface area contributed by atoms with Crippen molar-refractivity contribution in [2.75, 3.05) is 13.2 Å². The van der Waals surface area contributed by atoms with E-state index in [2.05, 4.69) is 15.9 Å². The van der Waals surface area contributed by atoms with Crippen LogP contribution in [0, 0.1) is 11.2 Å². The van der Waals surface area contributed by atoms with Gasteiger partial charge < -0.3 is 9.47 Å². The largest absolute Gasteiger partial charge is 0.465 e. The van der Waals surface area contributed by atoms with Gasteiger partial charge in [-0.05, 0) is 44.0 Å². The molecule has 0 spiro atoms. The SMILES string of the molecule is CCOC(=O)C(CC)(Cc1cc(F)ccc1Br)C(=O)OCC. The highest BCUT2D eigenvalue weighted by Crippen LogP contribution is 2.33. The molecule has 0 aliphatic carbocycles. The molecule has 0 fully saturated rings. The van der Waals surface area contributed by atoms with Crippen molar-refractivity contribution in [1.82, 2.24) is 0 Å². The maximum Gasteiger partial charge on any atom is 0.323 e. The molecule has 0 radical (unpaired) electrons. The number of hydrogen-bond donors (Lipinski definition) is 0. The molecule has 6 heteroatoms. The maximum absolute atomic E-state index is 13.5. The Hall–Kier alpha value is -1.43. The van der Waals surface area contributed by atoms with Gasteiger partial charge in [0.15, 0.2) is 5.41 Å². The summed E-state index contributed by atoms with van der Waals surface area (Å²) >= 11 is 3.32. The number of carbonyl (C=O) groups is 2. The second-order valence-electron chi connectivity index (χ2n) is 4.79. The number of halogens is 2. The van der Waals surface area contributed by atoms with E-state index in [-0.39, 0.29) is 26.1 Å². The van der Waals surface area contributed by atoms with Gasteiger partial charge in [-0.2, -0.15) is 0 Å². The van der Waals surface area contributed by atoms with Crippen LogP contribution in [0.15, 0.2) is 22.7 Å². The first-order chi connectivity index (χ1) is 10.4. The summed E-state index contributed by atoms with van der Waals surface area (Å²) in [4.78, 5) is 24.8. The van der Waals surface area contributed by atoms with Crippen LogP contribution < -0.4 is 0 Å². The van der Waals surface area contributed by atoms with Gasteiger partial charge in [0.25, 0.3) is 0 Å². The third-order valence-electron chi connectivity index (χ3n) is 3.44. The number of benzene rings is 1. The number of esters is 2. The van der Waals surface area contributed by atoms with E-state index in [1.54, 1.807) is 26.8 Å². The fourth-order valence-corrected chi connectivity index (χ4v) is 2.57. The van der Waals surface area contributed by atoms with Crippen molar-refractivity contribution >= 4 is 27.9 Å². The molecule has 0 saturated heterocycles. The monoisotopic (exact) mass is 374 g/mol. The molecule has 0 bridgehead atoms. The van der Waals surface area contributed by atoms with Crippen molar-refractivity contribution in [3.63, 3.8) is 0 Å². The molecule has 0 unspecified atom stereocenters. The van der Waals surface area contributed by atoms with Crippen molar-refractivity contribution < 1.29 is 23.5 Å². The first kappa shape index (κ1) is 18.6. The van der Waals surface area contributed by atoms with Gasteiger partial charge in [-0.3, -0.25) is 9.59 Å². The number of carbonyl (C=O) groups excluding carboxylic acids is 2. The van der Waals surface area contributed by atoms with Crippen LogP contribution in [-0.2, 0) is 25.5 Å². The fraction of sp³-hybridized carbons (Fsp3) is 0.500. The minimum Gasteiger partial charge on any atom is -0.465 e. The highest BCUT2D eigenvalue weighted by molar-refractivity contribution is 9.10. The number of hydrogen-bond acceptors (Lipinski definition) is 4. The van der Waals surface area contributed by atoms with E-state index in [9.17, 15) is 14.0 Å². The van der Waals surface area contributed by atoms with Crippen LogP contribution in [-0.4, -0.2) is 25.2 Å². The van der Waals surface area contributed by atoms with E-state index in [1.807, 2.05) is 0 Å². The van der Waals surface area contributed by atoms with Crippen LogP contribution in [0.1, 0.15) is 32.8 Å². The Morgan fingerprint density at radius 1 is 1.14 bits per heavy atom. The molecule has 0 amide bonds. The molecular formula is C16H20BrFO4. The molecule has 122 valence electrons. The van der Waals surface area contributed by atoms with Crippen molar-refractivity contribution in [2.24, 2.45) is 5.41 Å². The van der Waals surface area contributed by atoms with Crippen LogP contribution in [0.3, 0.4) is 0 Å². The van der Waals surface area contributed by atoms with Gasteiger partial charge in [-0.15, -0.1) is 0 Å². The van der Waals surface area contributed by atoms with Crippen LogP contribution in [0.5, 0.6) is 0 Å². The van der Waals surface area contributed by atoms with Gasteiger partial charge in [0.2, 0.25) is 0 Å². The normalized spacial score (nSPS) is 11.1. The van der Waals surface area contributed by atoms with E-state index < -0.39 is 23.2 Å². The summed E-state index contributed by atoms with van der Waals surface area (Å²) in [5, 5.41) is 0. The zero-order chi connectivity index (χ0) is 16.8. The fourth-order valence-electron chi connectivity index (χ4n) is 2.18. The van der Waals surface area contributed by atoms with Gasteiger partial charge in [-0.1, -0.05) is 22.9 Å². The van der Waals surface area contributed by atoms with Gasteiger partial charge in [-0.25, -0.2) is 4.39 Å². The molecule has 1 rings (SSSR count). The van der Waals surface area contributed by atoms with Crippen LogP contribution >= 0.6 is 15.9 Å². The second-order valence-corrected chi connectivity index (χ2v) is 5.64. The second kappa shape index (κ2) is 8.27. The molecule has 4 nitrogen and oxygen atoms in total. The zero-order valence-electron chi connectivity index (χ0n) is 12.9. The van der Waals surface area contributed by atoms with Crippen LogP contribution in [0.25, 0.3) is 0 Å². The first-order valence-corrected chi connectivity index (χ1v) is 7.98. The molecule has 0 saturated carbocycles. The molecule has 1 aromatic carbocycles. The lowest BCUT2D eigenvalue weighted by molar-refractivity contribution is -0.172. The van der Waals surface area contributed by atoms with E-state index in [1.165, 1.54) is 12.1 Å². The van der Waals surface area contributed by atoms with Crippen molar-refractivity contribution in [3.8, 4) is 0 Å². The van der Waals surface area contributed by atoms with E-state index in [0.717, 1.165) is 0 Å². The number of rotatable bonds is 7. The predicted molar refractivity (Wildman–Crippen MR) is 83.8 cm³/mol. The molecule has 0 aromatic heterocycles. The summed E-state index contributed by atoms with van der Waals surface area (Å²) in [6.07, 6.45) is 0.215. The highest BCUT2D eigenvalue weighted by atomic mass is 79.9. The molecule has 0 aliphatic heterocycles. The van der Waals surface area contributed by atoms with Gasteiger partial charge in [0, 0.05) is 10.9 Å². The third kappa shape index (κ3) is 4.06. The summed E-state index contributed by atoms with van der Waals surface area (Å²) < 4.78 is 24.2. The molecule has 0 aliphatic rings. The minimum atomic E-state index is -1.47.